The Bertz CT molecular complexity index is 1440. The van der Waals surface area contributed by atoms with Gasteiger partial charge in [-0.1, -0.05) is 12.1 Å². The molecule has 4 amide bonds. The van der Waals surface area contributed by atoms with Gasteiger partial charge in [-0.25, -0.2) is 4.79 Å². The minimum atomic E-state index is -1.01. The van der Waals surface area contributed by atoms with Gasteiger partial charge >= 0.3 is 5.97 Å². The molecule has 0 radical (unpaired) electrons. The van der Waals surface area contributed by atoms with Crippen molar-refractivity contribution in [1.29, 1.82) is 0 Å². The summed E-state index contributed by atoms with van der Waals surface area (Å²) in [6, 6.07) is 10.8. The maximum atomic E-state index is 13.3. The van der Waals surface area contributed by atoms with E-state index in [1.807, 2.05) is 0 Å². The number of ether oxygens (including phenoxy) is 1. The van der Waals surface area contributed by atoms with Gasteiger partial charge in [-0.05, 0) is 54.3 Å². The number of carbonyl (C=O) groups is 5. The molecule has 3 aliphatic heterocycles. The van der Waals surface area contributed by atoms with E-state index < -0.39 is 45.9 Å². The lowest BCUT2D eigenvalue weighted by atomic mass is 10.0. The number of non-ortho nitro benzene ring substituents is 1. The number of rotatable bonds is 6. The summed E-state index contributed by atoms with van der Waals surface area (Å²) >= 11 is 0.970. The number of imide groups is 1. The first kappa shape index (κ1) is 26.1. The van der Waals surface area contributed by atoms with Crippen LogP contribution in [0.15, 0.2) is 59.8 Å². The molecule has 2 aromatic rings. The molecule has 13 nitrogen and oxygen atoms in total. The van der Waals surface area contributed by atoms with Crippen LogP contribution < -0.4 is 5.32 Å². The lowest BCUT2D eigenvalue weighted by Gasteiger charge is -2.46. The van der Waals surface area contributed by atoms with Crippen LogP contribution >= 0.6 is 11.9 Å². The van der Waals surface area contributed by atoms with Gasteiger partial charge in [0.15, 0.2) is 0 Å². The number of esters is 1. The Labute approximate surface area is 225 Å². The number of hydrogen-bond acceptors (Lipinski definition) is 10. The molecule has 2 atom stereocenters. The van der Waals surface area contributed by atoms with Crippen molar-refractivity contribution >= 4 is 47.2 Å². The SMILES string of the molecule is CC(=O)N[C@@H]1C(=O)N2C(C(=O)OCc3ccc([N+](=O)[O-])cc3)=C(C)CN(N3C(=O)c4ccccc4C3=O)S[C@@H]12. The van der Waals surface area contributed by atoms with Crippen LogP contribution in [0.4, 0.5) is 5.69 Å². The molecule has 39 heavy (non-hydrogen) atoms. The maximum absolute atomic E-state index is 13.3. The third kappa shape index (κ3) is 4.53. The monoisotopic (exact) mass is 551 g/mol. The van der Waals surface area contributed by atoms with Gasteiger partial charge in [0.1, 0.15) is 23.7 Å². The first-order chi connectivity index (χ1) is 18.6. The van der Waals surface area contributed by atoms with Crippen molar-refractivity contribution in [2.75, 3.05) is 6.54 Å². The van der Waals surface area contributed by atoms with Crippen LogP contribution in [0.25, 0.3) is 0 Å². The summed E-state index contributed by atoms with van der Waals surface area (Å²) in [5.74, 6) is -2.95. The fourth-order valence-electron chi connectivity index (χ4n) is 4.51. The second-order valence-electron chi connectivity index (χ2n) is 8.99. The van der Waals surface area contributed by atoms with Crippen molar-refractivity contribution in [2.45, 2.75) is 31.9 Å². The summed E-state index contributed by atoms with van der Waals surface area (Å²) in [6.45, 7) is 2.53. The predicted octanol–water partition coefficient (Wildman–Crippen LogP) is 1.76. The van der Waals surface area contributed by atoms with Crippen molar-refractivity contribution in [2.24, 2.45) is 0 Å². The molecule has 3 heterocycles. The summed E-state index contributed by atoms with van der Waals surface area (Å²) in [4.78, 5) is 75.9. The molecule has 3 aliphatic rings. The number of carbonyl (C=O) groups excluding carboxylic acids is 5. The van der Waals surface area contributed by atoms with Gasteiger partial charge in [0.2, 0.25) is 5.91 Å². The molecule has 200 valence electrons. The summed E-state index contributed by atoms with van der Waals surface area (Å²) in [5.41, 5.74) is 1.12. The molecule has 14 heteroatoms. The fourth-order valence-corrected chi connectivity index (χ4v) is 5.88. The van der Waals surface area contributed by atoms with Crippen LogP contribution in [0.1, 0.15) is 40.1 Å². The highest BCUT2D eigenvalue weighted by atomic mass is 32.2. The molecule has 1 saturated heterocycles. The zero-order chi connectivity index (χ0) is 28.0. The van der Waals surface area contributed by atoms with Gasteiger partial charge in [-0.3, -0.25) is 34.2 Å². The summed E-state index contributed by atoms with van der Waals surface area (Å²) in [6.07, 6.45) is 0. The van der Waals surface area contributed by atoms with Gasteiger partial charge in [-0.15, -0.1) is 4.41 Å². The van der Waals surface area contributed by atoms with Crippen molar-refractivity contribution < 1.29 is 33.6 Å². The van der Waals surface area contributed by atoms with Crippen LogP contribution in [-0.4, -0.2) is 66.8 Å². The topological polar surface area (TPSA) is 159 Å². The number of nitro groups is 1. The van der Waals surface area contributed by atoms with Gasteiger partial charge < -0.3 is 10.1 Å². The Morgan fingerprint density at radius 3 is 2.26 bits per heavy atom. The van der Waals surface area contributed by atoms with Crippen molar-refractivity contribution in [3.63, 3.8) is 0 Å². The van der Waals surface area contributed by atoms with Crippen molar-refractivity contribution in [3.05, 3.63) is 86.6 Å². The van der Waals surface area contributed by atoms with Gasteiger partial charge in [-0.2, -0.15) is 5.01 Å². The van der Waals surface area contributed by atoms with Crippen LogP contribution in [0, 0.1) is 10.1 Å². The lowest BCUT2D eigenvalue weighted by Crippen LogP contribution is -2.69. The molecular weight excluding hydrogens is 530 g/mol. The van der Waals surface area contributed by atoms with E-state index in [0.29, 0.717) is 11.1 Å². The van der Waals surface area contributed by atoms with Crippen LogP contribution in [0.2, 0.25) is 0 Å². The quantitative estimate of drug-likeness (QED) is 0.140. The van der Waals surface area contributed by atoms with E-state index >= 15 is 0 Å². The third-order valence-electron chi connectivity index (χ3n) is 6.36. The summed E-state index contributed by atoms with van der Waals surface area (Å²) in [5, 5.41) is 13.6. The molecule has 0 aromatic heterocycles. The highest BCUT2D eigenvalue weighted by Gasteiger charge is 2.56. The first-order valence-corrected chi connectivity index (χ1v) is 12.5. The maximum Gasteiger partial charge on any atom is 0.355 e. The molecular formula is C25H21N5O8S. The molecule has 2 aromatic carbocycles. The van der Waals surface area contributed by atoms with E-state index in [0.717, 1.165) is 17.0 Å². The van der Waals surface area contributed by atoms with E-state index in [1.54, 1.807) is 31.2 Å². The standard InChI is InChI=1S/C25H21N5O8S/c1-13-11-27(29-21(32)17-5-3-4-6-18(17)22(29)33)39-24-19(26-14(2)31)23(34)28(24)20(13)25(35)38-12-15-7-9-16(10-8-15)30(36)37/h3-10,19,24H,11-12H2,1-2H3,(H,26,31)/t19-,24+/m1/s1. The van der Waals surface area contributed by atoms with Crippen LogP contribution in [0.3, 0.4) is 0 Å². The van der Waals surface area contributed by atoms with Gasteiger partial charge in [0, 0.05) is 19.1 Å². The number of β-lactam (4-membered cyclic amide) rings is 1. The van der Waals surface area contributed by atoms with Crippen molar-refractivity contribution in [3.8, 4) is 0 Å². The van der Waals surface area contributed by atoms with E-state index in [1.165, 1.54) is 40.5 Å². The van der Waals surface area contributed by atoms with E-state index in [9.17, 15) is 34.1 Å². The zero-order valence-electron chi connectivity index (χ0n) is 20.7. The van der Waals surface area contributed by atoms with E-state index in [2.05, 4.69) is 5.32 Å². The van der Waals surface area contributed by atoms with Crippen LogP contribution in [0.5, 0.6) is 0 Å². The molecule has 0 saturated carbocycles. The number of nitrogens with zero attached hydrogens (tertiary/aromatic N) is 4. The largest absolute Gasteiger partial charge is 0.456 e. The number of nitrogens with one attached hydrogen (secondary N) is 1. The molecule has 1 N–H and O–H groups in total. The number of fused-ring (bicyclic) bond motifs is 2. The number of hydrogen-bond donors (Lipinski definition) is 1. The first-order valence-electron chi connectivity index (χ1n) is 11.7. The third-order valence-corrected chi connectivity index (χ3v) is 7.59. The second-order valence-corrected chi connectivity index (χ2v) is 10.1. The Morgan fingerprint density at radius 1 is 1.08 bits per heavy atom. The second kappa shape index (κ2) is 9.96. The Kier molecular flexibility index (Phi) is 6.66. The number of benzene rings is 2. The van der Waals surface area contributed by atoms with Gasteiger partial charge in [0.05, 0.1) is 22.6 Å². The fraction of sp³-hybridized carbons (Fsp3) is 0.240. The Balaban J connectivity index is 1.43. The minimum Gasteiger partial charge on any atom is -0.456 e. The lowest BCUT2D eigenvalue weighted by molar-refractivity contribution is -0.384. The van der Waals surface area contributed by atoms with Crippen molar-refractivity contribution in [1.82, 2.24) is 19.6 Å². The average molecular weight is 552 g/mol. The Morgan fingerprint density at radius 2 is 1.69 bits per heavy atom. The van der Waals surface area contributed by atoms with Gasteiger partial charge in [0.25, 0.3) is 23.4 Å². The Hall–Kier alpha value is -4.56. The number of hydrazine groups is 1. The molecule has 0 bridgehead atoms. The smallest absolute Gasteiger partial charge is 0.355 e. The average Bonchev–Trinajstić information content (AvgIpc) is 3.08. The number of amides is 4. The molecule has 0 spiro atoms. The van der Waals surface area contributed by atoms with Crippen LogP contribution in [-0.2, 0) is 25.7 Å². The highest BCUT2D eigenvalue weighted by Crippen LogP contribution is 2.42. The normalized spacial score (nSPS) is 20.7. The summed E-state index contributed by atoms with van der Waals surface area (Å²) < 4.78 is 6.83. The zero-order valence-corrected chi connectivity index (χ0v) is 21.5. The van der Waals surface area contributed by atoms with E-state index in [4.69, 9.17) is 4.74 Å². The molecule has 0 aliphatic carbocycles. The molecule has 0 unspecified atom stereocenters. The summed E-state index contributed by atoms with van der Waals surface area (Å²) in [7, 11) is 0. The highest BCUT2D eigenvalue weighted by molar-refractivity contribution is 7.97. The minimum absolute atomic E-state index is 0.0693. The van der Waals surface area contributed by atoms with E-state index in [-0.39, 0.29) is 35.7 Å². The number of nitro benzene ring substituents is 1. The molecule has 1 fully saturated rings. The molecule has 5 rings (SSSR count). The predicted molar refractivity (Wildman–Crippen MR) is 135 cm³/mol.